The molecule has 5 aromatic rings. The van der Waals surface area contributed by atoms with Gasteiger partial charge < -0.3 is 4.74 Å². The van der Waals surface area contributed by atoms with Gasteiger partial charge in [-0.25, -0.2) is 4.98 Å². The number of hydrogen-bond donors (Lipinski definition) is 0. The third kappa shape index (κ3) is 4.20. The molecule has 0 unspecified atom stereocenters. The van der Waals surface area contributed by atoms with Crippen molar-refractivity contribution in [2.24, 2.45) is 5.10 Å². The van der Waals surface area contributed by atoms with E-state index in [1.807, 2.05) is 106 Å². The predicted octanol–water partition coefficient (Wildman–Crippen LogP) is 6.28. The van der Waals surface area contributed by atoms with E-state index in [1.165, 1.54) is 4.68 Å². The lowest BCUT2D eigenvalue weighted by Gasteiger charge is -2.23. The second-order valence-electron chi connectivity index (χ2n) is 9.09. The van der Waals surface area contributed by atoms with E-state index in [2.05, 4.69) is 5.10 Å². The number of hydrogen-bond acceptors (Lipinski definition) is 4. The first kappa shape index (κ1) is 21.6. The molecule has 34 heavy (non-hydrogen) atoms. The van der Waals surface area contributed by atoms with Crippen LogP contribution in [0.15, 0.2) is 101 Å². The van der Waals surface area contributed by atoms with Crippen molar-refractivity contribution in [3.8, 4) is 17.1 Å². The molecule has 5 heteroatoms. The van der Waals surface area contributed by atoms with Crippen molar-refractivity contribution in [1.29, 1.82) is 0 Å². The standard InChI is InChI=1S/C29H25N3O2/c1-29(2,3)34-26-18-17-20-11-7-8-14-22(20)24(26)19-30-32-27(21-12-5-4-6-13-21)31-25-16-10-9-15-23(25)28(32)33/h4-19H,1-3H3. The van der Waals surface area contributed by atoms with E-state index in [9.17, 15) is 4.79 Å². The second-order valence-corrected chi connectivity index (χ2v) is 9.09. The number of benzene rings is 4. The van der Waals surface area contributed by atoms with Crippen molar-refractivity contribution in [3.63, 3.8) is 0 Å². The van der Waals surface area contributed by atoms with Crippen LogP contribution in [0, 0.1) is 0 Å². The van der Waals surface area contributed by atoms with Gasteiger partial charge in [0.15, 0.2) is 5.82 Å². The van der Waals surface area contributed by atoms with Crippen molar-refractivity contribution in [2.75, 3.05) is 0 Å². The SMILES string of the molecule is CC(C)(C)Oc1ccc2ccccc2c1C=Nn1c(-c2ccccc2)nc2ccccc2c1=O. The lowest BCUT2D eigenvalue weighted by atomic mass is 10.0. The molecule has 1 heterocycles. The zero-order valence-corrected chi connectivity index (χ0v) is 19.4. The summed E-state index contributed by atoms with van der Waals surface area (Å²) in [7, 11) is 0. The summed E-state index contributed by atoms with van der Waals surface area (Å²) in [6, 6.07) is 29.0. The average molecular weight is 448 g/mol. The maximum atomic E-state index is 13.5. The highest BCUT2D eigenvalue weighted by Gasteiger charge is 2.17. The molecular weight excluding hydrogens is 422 g/mol. The molecule has 0 atom stereocenters. The van der Waals surface area contributed by atoms with Crippen LogP contribution in [-0.4, -0.2) is 21.5 Å². The van der Waals surface area contributed by atoms with Gasteiger partial charge >= 0.3 is 0 Å². The van der Waals surface area contributed by atoms with Crippen LogP contribution >= 0.6 is 0 Å². The third-order valence-corrected chi connectivity index (χ3v) is 5.43. The molecule has 0 saturated carbocycles. The smallest absolute Gasteiger partial charge is 0.282 e. The number of fused-ring (bicyclic) bond motifs is 2. The third-order valence-electron chi connectivity index (χ3n) is 5.43. The Balaban J connectivity index is 1.75. The van der Waals surface area contributed by atoms with Gasteiger partial charge in [-0.1, -0.05) is 72.8 Å². The summed E-state index contributed by atoms with van der Waals surface area (Å²) in [6.07, 6.45) is 1.70. The average Bonchev–Trinajstić information content (AvgIpc) is 2.84. The maximum absolute atomic E-state index is 13.5. The fourth-order valence-electron chi connectivity index (χ4n) is 3.95. The Hall–Kier alpha value is -4.25. The zero-order valence-electron chi connectivity index (χ0n) is 19.4. The molecule has 168 valence electrons. The number of aromatic nitrogens is 2. The van der Waals surface area contributed by atoms with E-state index in [0.29, 0.717) is 22.5 Å². The van der Waals surface area contributed by atoms with Gasteiger partial charge in [0, 0.05) is 11.1 Å². The van der Waals surface area contributed by atoms with Crippen LogP contribution in [-0.2, 0) is 0 Å². The Morgan fingerprint density at radius 3 is 2.26 bits per heavy atom. The van der Waals surface area contributed by atoms with Crippen molar-refractivity contribution in [3.05, 3.63) is 107 Å². The summed E-state index contributed by atoms with van der Waals surface area (Å²) in [5.74, 6) is 1.19. The van der Waals surface area contributed by atoms with E-state index in [4.69, 9.17) is 9.72 Å². The minimum absolute atomic E-state index is 0.223. The molecule has 0 saturated heterocycles. The van der Waals surface area contributed by atoms with E-state index in [0.717, 1.165) is 21.9 Å². The maximum Gasteiger partial charge on any atom is 0.282 e. The lowest BCUT2D eigenvalue weighted by Crippen LogP contribution is -2.24. The first-order chi connectivity index (χ1) is 16.4. The van der Waals surface area contributed by atoms with Crippen molar-refractivity contribution >= 4 is 27.9 Å². The van der Waals surface area contributed by atoms with Gasteiger partial charge in [0.25, 0.3) is 5.56 Å². The van der Waals surface area contributed by atoms with Gasteiger partial charge in [0.05, 0.1) is 17.1 Å². The molecule has 0 amide bonds. The van der Waals surface area contributed by atoms with Gasteiger partial charge in [0.1, 0.15) is 11.4 Å². The van der Waals surface area contributed by atoms with Gasteiger partial charge in [0.2, 0.25) is 0 Å². The molecule has 0 N–H and O–H groups in total. The topological polar surface area (TPSA) is 56.5 Å². The molecule has 0 radical (unpaired) electrons. The number of rotatable bonds is 4. The molecule has 0 fully saturated rings. The van der Waals surface area contributed by atoms with Crippen LogP contribution in [0.5, 0.6) is 5.75 Å². The van der Waals surface area contributed by atoms with E-state index in [1.54, 1.807) is 12.3 Å². The Morgan fingerprint density at radius 1 is 0.824 bits per heavy atom. The lowest BCUT2D eigenvalue weighted by molar-refractivity contribution is 0.131. The van der Waals surface area contributed by atoms with Gasteiger partial charge in [-0.3, -0.25) is 4.79 Å². The van der Waals surface area contributed by atoms with Crippen LogP contribution in [0.3, 0.4) is 0 Å². The molecule has 0 aliphatic heterocycles. The summed E-state index contributed by atoms with van der Waals surface area (Å²) in [5, 5.41) is 7.26. The van der Waals surface area contributed by atoms with Crippen LogP contribution < -0.4 is 10.3 Å². The van der Waals surface area contributed by atoms with Gasteiger partial charge in [-0.05, 0) is 49.7 Å². The Kier molecular flexibility index (Phi) is 5.46. The summed E-state index contributed by atoms with van der Waals surface area (Å²) >= 11 is 0. The summed E-state index contributed by atoms with van der Waals surface area (Å²) in [4.78, 5) is 18.3. The largest absolute Gasteiger partial charge is 0.487 e. The van der Waals surface area contributed by atoms with Gasteiger partial charge in [-0.2, -0.15) is 9.78 Å². The molecule has 0 aliphatic carbocycles. The van der Waals surface area contributed by atoms with E-state index in [-0.39, 0.29) is 11.2 Å². The molecule has 4 aromatic carbocycles. The van der Waals surface area contributed by atoms with Crippen molar-refractivity contribution in [2.45, 2.75) is 26.4 Å². The fraction of sp³-hybridized carbons (Fsp3) is 0.138. The van der Waals surface area contributed by atoms with Crippen LogP contribution in [0.25, 0.3) is 33.1 Å². The molecule has 0 spiro atoms. The minimum Gasteiger partial charge on any atom is -0.487 e. The Morgan fingerprint density at radius 2 is 1.50 bits per heavy atom. The molecule has 1 aromatic heterocycles. The molecule has 0 aliphatic rings. The highest BCUT2D eigenvalue weighted by molar-refractivity contribution is 6.02. The molecule has 0 bridgehead atoms. The Labute approximate surface area is 198 Å². The van der Waals surface area contributed by atoms with Crippen LogP contribution in [0.1, 0.15) is 26.3 Å². The normalized spacial score (nSPS) is 12.0. The van der Waals surface area contributed by atoms with Crippen LogP contribution in [0.2, 0.25) is 0 Å². The number of nitrogens with zero attached hydrogens (tertiary/aromatic N) is 3. The number of ether oxygens (including phenoxy) is 1. The summed E-state index contributed by atoms with van der Waals surface area (Å²) < 4.78 is 7.63. The minimum atomic E-state index is -0.387. The molecule has 5 rings (SSSR count). The fourth-order valence-corrected chi connectivity index (χ4v) is 3.95. The molecule has 5 nitrogen and oxygen atoms in total. The summed E-state index contributed by atoms with van der Waals surface area (Å²) in [5.41, 5.74) is 1.65. The van der Waals surface area contributed by atoms with E-state index < -0.39 is 0 Å². The van der Waals surface area contributed by atoms with Crippen molar-refractivity contribution in [1.82, 2.24) is 9.66 Å². The van der Waals surface area contributed by atoms with E-state index >= 15 is 0 Å². The monoisotopic (exact) mass is 447 g/mol. The predicted molar refractivity (Wildman–Crippen MR) is 139 cm³/mol. The zero-order chi connectivity index (χ0) is 23.7. The van der Waals surface area contributed by atoms with Crippen molar-refractivity contribution < 1.29 is 4.74 Å². The highest BCUT2D eigenvalue weighted by atomic mass is 16.5. The summed E-state index contributed by atoms with van der Waals surface area (Å²) in [6.45, 7) is 6.02. The first-order valence-corrected chi connectivity index (χ1v) is 11.2. The number of para-hydroxylation sites is 1. The Bertz CT molecular complexity index is 1580. The van der Waals surface area contributed by atoms with Gasteiger partial charge in [-0.15, -0.1) is 0 Å². The quantitative estimate of drug-likeness (QED) is 0.305. The molecular formula is C29H25N3O2. The highest BCUT2D eigenvalue weighted by Crippen LogP contribution is 2.29. The first-order valence-electron chi connectivity index (χ1n) is 11.2. The second kappa shape index (κ2) is 8.60. The van der Waals surface area contributed by atoms with Crippen LogP contribution in [0.4, 0.5) is 0 Å².